The molecule has 0 unspecified atom stereocenters. The number of hydrogen-bond acceptors (Lipinski definition) is 5. The Bertz CT molecular complexity index is 989. The molecule has 6 heteroatoms. The van der Waals surface area contributed by atoms with Gasteiger partial charge in [0.1, 0.15) is 5.76 Å². The number of carbonyl (C=O) groups is 1. The van der Waals surface area contributed by atoms with Crippen LogP contribution in [0.1, 0.15) is 35.3 Å². The van der Waals surface area contributed by atoms with Crippen molar-refractivity contribution in [2.75, 3.05) is 13.1 Å². The lowest BCUT2D eigenvalue weighted by Gasteiger charge is -2.44. The van der Waals surface area contributed by atoms with E-state index >= 15 is 0 Å². The molecule has 6 nitrogen and oxygen atoms in total. The monoisotopic (exact) mass is 419 g/mol. The average molecular weight is 420 g/mol. The summed E-state index contributed by atoms with van der Waals surface area (Å²) in [4.78, 5) is 16.5. The Morgan fingerprint density at radius 2 is 1.71 bits per heavy atom. The van der Waals surface area contributed by atoms with Crippen molar-refractivity contribution < 1.29 is 14.4 Å². The molecule has 4 rings (SSSR count). The van der Waals surface area contributed by atoms with Gasteiger partial charge < -0.3 is 4.42 Å². The van der Waals surface area contributed by atoms with Gasteiger partial charge in [-0.05, 0) is 49.2 Å². The number of carbonyl (C=O) groups excluding carboxylic acids is 1. The van der Waals surface area contributed by atoms with Gasteiger partial charge in [0, 0.05) is 49.4 Å². The number of furan rings is 1. The first-order valence-electron chi connectivity index (χ1n) is 10.7. The molecule has 1 aromatic heterocycles. The van der Waals surface area contributed by atoms with Gasteiger partial charge in [0.25, 0.3) is 5.91 Å². The predicted molar refractivity (Wildman–Crippen MR) is 120 cm³/mol. The molecule has 2 aromatic carbocycles. The van der Waals surface area contributed by atoms with Crippen molar-refractivity contribution in [2.24, 2.45) is 0 Å². The molecule has 0 radical (unpaired) electrons. The van der Waals surface area contributed by atoms with E-state index in [-0.39, 0.29) is 0 Å². The summed E-state index contributed by atoms with van der Waals surface area (Å²) in [5.41, 5.74) is 5.71. The molecular formula is C25H29N3O3. The zero-order valence-corrected chi connectivity index (χ0v) is 18.0. The normalized spacial score (nSPS) is 20.0. The number of nitrogens with zero attached hydrogens (tertiary/aromatic N) is 2. The number of rotatable bonds is 6. The molecule has 0 bridgehead atoms. The van der Waals surface area contributed by atoms with Crippen molar-refractivity contribution >= 4 is 5.91 Å². The molecule has 2 N–H and O–H groups in total. The summed E-state index contributed by atoms with van der Waals surface area (Å²) in [5, 5.41) is 8.76. The van der Waals surface area contributed by atoms with Crippen molar-refractivity contribution in [3.63, 3.8) is 0 Å². The van der Waals surface area contributed by atoms with E-state index in [0.717, 1.165) is 43.1 Å². The molecule has 0 spiro atoms. The van der Waals surface area contributed by atoms with Crippen LogP contribution in [0.5, 0.6) is 0 Å². The van der Waals surface area contributed by atoms with Crippen LogP contribution in [0.15, 0.2) is 71.3 Å². The lowest BCUT2D eigenvalue weighted by molar-refractivity contribution is 0.0291. The molecule has 162 valence electrons. The summed E-state index contributed by atoms with van der Waals surface area (Å²) in [6.07, 6.45) is 1.72. The maximum Gasteiger partial charge on any atom is 0.274 e. The average Bonchev–Trinajstić information content (AvgIpc) is 3.31. The fourth-order valence-corrected chi connectivity index (χ4v) is 4.52. The van der Waals surface area contributed by atoms with E-state index in [1.165, 1.54) is 5.56 Å². The molecule has 1 aliphatic rings. The third kappa shape index (κ3) is 4.88. The largest absolute Gasteiger partial charge is 0.464 e. The Balaban J connectivity index is 1.42. The molecule has 0 saturated carbocycles. The molecule has 1 aliphatic heterocycles. The van der Waals surface area contributed by atoms with Gasteiger partial charge in [0.2, 0.25) is 0 Å². The van der Waals surface area contributed by atoms with E-state index in [9.17, 15) is 4.79 Å². The number of hydroxylamine groups is 1. The van der Waals surface area contributed by atoms with Crippen LogP contribution in [0.25, 0.3) is 11.3 Å². The summed E-state index contributed by atoms with van der Waals surface area (Å²) in [6, 6.07) is 20.6. The van der Waals surface area contributed by atoms with Gasteiger partial charge in [-0.25, -0.2) is 5.48 Å². The van der Waals surface area contributed by atoms with Gasteiger partial charge >= 0.3 is 0 Å². The highest BCUT2D eigenvalue weighted by molar-refractivity contribution is 5.93. The van der Waals surface area contributed by atoms with Crippen molar-refractivity contribution in [2.45, 2.75) is 39.0 Å². The van der Waals surface area contributed by atoms with Crippen LogP contribution < -0.4 is 5.48 Å². The zero-order valence-electron chi connectivity index (χ0n) is 18.0. The summed E-state index contributed by atoms with van der Waals surface area (Å²) >= 11 is 0. The van der Waals surface area contributed by atoms with Crippen LogP contribution in [0.3, 0.4) is 0 Å². The van der Waals surface area contributed by atoms with Gasteiger partial charge in [-0.1, -0.05) is 36.4 Å². The van der Waals surface area contributed by atoms with Crippen LogP contribution in [-0.2, 0) is 13.1 Å². The lowest BCUT2D eigenvalue weighted by atomic mass is 10.0. The lowest BCUT2D eigenvalue weighted by Crippen LogP contribution is -2.55. The second-order valence-electron chi connectivity index (χ2n) is 8.34. The van der Waals surface area contributed by atoms with E-state index in [0.29, 0.717) is 17.6 Å². The molecule has 1 amide bonds. The molecule has 0 aliphatic carbocycles. The number of piperazine rings is 1. The summed E-state index contributed by atoms with van der Waals surface area (Å²) < 4.78 is 5.65. The highest BCUT2D eigenvalue weighted by atomic mass is 16.5. The second kappa shape index (κ2) is 9.47. The summed E-state index contributed by atoms with van der Waals surface area (Å²) in [7, 11) is 0. The smallest absolute Gasteiger partial charge is 0.274 e. The molecule has 1 saturated heterocycles. The van der Waals surface area contributed by atoms with Crippen LogP contribution in [0, 0.1) is 0 Å². The maximum absolute atomic E-state index is 11.5. The maximum atomic E-state index is 11.5. The third-order valence-corrected chi connectivity index (χ3v) is 6.06. The molecule has 3 aromatic rings. The van der Waals surface area contributed by atoms with Crippen molar-refractivity contribution in [3.05, 3.63) is 83.6 Å². The summed E-state index contributed by atoms with van der Waals surface area (Å²) in [6.45, 7) is 8.25. The van der Waals surface area contributed by atoms with Gasteiger partial charge in [0.05, 0.1) is 6.26 Å². The Morgan fingerprint density at radius 3 is 2.35 bits per heavy atom. The number of benzene rings is 2. The fraction of sp³-hybridized carbons (Fsp3) is 0.320. The van der Waals surface area contributed by atoms with Crippen molar-refractivity contribution in [1.29, 1.82) is 0 Å². The minimum Gasteiger partial charge on any atom is -0.464 e. The van der Waals surface area contributed by atoms with Crippen molar-refractivity contribution in [3.8, 4) is 11.3 Å². The highest BCUT2D eigenvalue weighted by Crippen LogP contribution is 2.28. The van der Waals surface area contributed by atoms with E-state index in [2.05, 4.69) is 47.9 Å². The number of amides is 1. The van der Waals surface area contributed by atoms with Gasteiger partial charge in [-0.15, -0.1) is 0 Å². The SMILES string of the molecule is C[C@@H]1CN(Cc2ccc(C(=O)NO)cc2)C[C@H](C)N1Cc1ccccc1-c1ccco1. The molecule has 2 atom stereocenters. The Kier molecular flexibility index (Phi) is 6.51. The van der Waals surface area contributed by atoms with E-state index in [4.69, 9.17) is 9.62 Å². The van der Waals surface area contributed by atoms with E-state index in [1.807, 2.05) is 24.3 Å². The van der Waals surface area contributed by atoms with E-state index in [1.54, 1.807) is 23.9 Å². The van der Waals surface area contributed by atoms with Crippen LogP contribution >= 0.6 is 0 Å². The second-order valence-corrected chi connectivity index (χ2v) is 8.34. The Labute approximate surface area is 183 Å². The molecule has 1 fully saturated rings. The third-order valence-electron chi connectivity index (χ3n) is 6.06. The van der Waals surface area contributed by atoms with Gasteiger partial charge in [0.15, 0.2) is 0 Å². The highest BCUT2D eigenvalue weighted by Gasteiger charge is 2.30. The first kappa shape index (κ1) is 21.3. The standard InChI is InChI=1S/C25H29N3O3/c1-18-14-27(16-20-9-11-21(12-10-20)25(29)26-30)15-19(2)28(18)17-22-6-3-4-7-23(22)24-8-5-13-31-24/h3-13,18-19,30H,14-17H2,1-2H3,(H,26,29)/t18-,19+. The topological polar surface area (TPSA) is 69.0 Å². The van der Waals surface area contributed by atoms with Gasteiger partial charge in [-0.3, -0.25) is 19.8 Å². The minimum absolute atomic E-state index is 0.410. The van der Waals surface area contributed by atoms with Crippen molar-refractivity contribution in [1.82, 2.24) is 15.3 Å². The zero-order chi connectivity index (χ0) is 21.8. The molecular weight excluding hydrogens is 390 g/mol. The van der Waals surface area contributed by atoms with Crippen LogP contribution in [0.4, 0.5) is 0 Å². The fourth-order valence-electron chi connectivity index (χ4n) is 4.52. The number of hydrogen-bond donors (Lipinski definition) is 2. The Morgan fingerprint density at radius 1 is 1.00 bits per heavy atom. The predicted octanol–water partition coefficient (Wildman–Crippen LogP) is 4.16. The quantitative estimate of drug-likeness (QED) is 0.464. The Hall–Kier alpha value is -2.93. The van der Waals surface area contributed by atoms with E-state index < -0.39 is 5.91 Å². The first-order valence-corrected chi connectivity index (χ1v) is 10.7. The molecule has 2 heterocycles. The van der Waals surface area contributed by atoms with Crippen LogP contribution in [-0.4, -0.2) is 46.1 Å². The minimum atomic E-state index is -0.489. The van der Waals surface area contributed by atoms with Crippen LogP contribution in [0.2, 0.25) is 0 Å². The molecule has 31 heavy (non-hydrogen) atoms. The first-order chi connectivity index (χ1) is 15.0. The summed E-state index contributed by atoms with van der Waals surface area (Å²) in [5.74, 6) is 0.421. The number of nitrogens with one attached hydrogen (secondary N) is 1. The van der Waals surface area contributed by atoms with Gasteiger partial charge in [-0.2, -0.15) is 0 Å².